The molecule has 1 heterocycles. The molecule has 1 fully saturated rings. The Morgan fingerprint density at radius 1 is 1.29 bits per heavy atom. The van der Waals surface area contributed by atoms with Crippen molar-refractivity contribution in [2.24, 2.45) is 4.99 Å². The van der Waals surface area contributed by atoms with E-state index in [9.17, 15) is 0 Å². The molecule has 1 aromatic rings. The predicted molar refractivity (Wildman–Crippen MR) is 129 cm³/mol. The summed E-state index contributed by atoms with van der Waals surface area (Å²) in [5.41, 5.74) is 2.36. The molecule has 0 bridgehead atoms. The lowest BCUT2D eigenvalue weighted by atomic mass is 10.1. The molecule has 0 aromatic heterocycles. The predicted octanol–water partition coefficient (Wildman–Crippen LogP) is 2.70. The number of guanidine groups is 1. The summed E-state index contributed by atoms with van der Waals surface area (Å²) in [5, 5.41) is 6.90. The van der Waals surface area contributed by atoms with Gasteiger partial charge in [-0.15, -0.1) is 24.0 Å². The number of likely N-dealkylation sites (N-methyl/N-ethyl adjacent to an activating group) is 2. The summed E-state index contributed by atoms with van der Waals surface area (Å²) in [6.07, 6.45) is 1.20. The number of nitrogens with zero attached hydrogens (tertiary/aromatic N) is 3. The van der Waals surface area contributed by atoms with Gasteiger partial charge in [0.25, 0.3) is 0 Å². The number of aliphatic imine (C=N–C) groups is 1. The molecule has 1 aliphatic heterocycles. The van der Waals surface area contributed by atoms with Crippen LogP contribution in [-0.2, 0) is 6.54 Å². The van der Waals surface area contributed by atoms with Crippen LogP contribution in [0, 0.1) is 6.92 Å². The van der Waals surface area contributed by atoms with Gasteiger partial charge in [-0.3, -0.25) is 9.89 Å². The van der Waals surface area contributed by atoms with E-state index in [2.05, 4.69) is 78.5 Å². The summed E-state index contributed by atoms with van der Waals surface area (Å²) in [6, 6.07) is 6.87. The minimum Gasteiger partial charge on any atom is -0.490 e. The van der Waals surface area contributed by atoms with Gasteiger partial charge in [0.15, 0.2) is 5.96 Å². The van der Waals surface area contributed by atoms with Gasteiger partial charge in [-0.25, -0.2) is 0 Å². The molecule has 2 rings (SSSR count). The average Bonchev–Trinajstić information content (AvgIpc) is 2.65. The summed E-state index contributed by atoms with van der Waals surface area (Å²) < 4.78 is 6.11. The monoisotopic (exact) mass is 503 g/mol. The maximum atomic E-state index is 6.11. The van der Waals surface area contributed by atoms with Crippen molar-refractivity contribution in [1.29, 1.82) is 0 Å². The Balaban J connectivity index is 0.00000392. The van der Waals surface area contributed by atoms with Crippen LogP contribution in [0.5, 0.6) is 5.75 Å². The summed E-state index contributed by atoms with van der Waals surface area (Å²) in [6.45, 7) is 11.2. The van der Waals surface area contributed by atoms with Crippen LogP contribution in [0.1, 0.15) is 31.4 Å². The zero-order chi connectivity index (χ0) is 19.8. The molecule has 1 aromatic carbocycles. The standard InChI is InChI=1S/C21H37N5O.HI/c1-7-17(3)27-20-12-16(2)8-9-18(20)13-23-21(22-4)24-14-19-15-25(5)10-11-26(19)6;/h8-9,12,17,19H,7,10-11,13-15H2,1-6H3,(H2,22,23,24);1H. The van der Waals surface area contributed by atoms with Crippen molar-refractivity contribution in [3.63, 3.8) is 0 Å². The second-order valence-corrected chi connectivity index (χ2v) is 7.65. The molecule has 7 heteroatoms. The van der Waals surface area contributed by atoms with E-state index < -0.39 is 0 Å². The molecule has 0 amide bonds. The van der Waals surface area contributed by atoms with Crippen LogP contribution >= 0.6 is 24.0 Å². The minimum atomic E-state index is 0. The van der Waals surface area contributed by atoms with Crippen molar-refractivity contribution in [2.75, 3.05) is 47.3 Å². The first kappa shape index (κ1) is 25.0. The van der Waals surface area contributed by atoms with Crippen molar-refractivity contribution in [3.05, 3.63) is 29.3 Å². The highest BCUT2D eigenvalue weighted by Crippen LogP contribution is 2.22. The van der Waals surface area contributed by atoms with E-state index in [0.29, 0.717) is 12.6 Å². The molecule has 160 valence electrons. The summed E-state index contributed by atoms with van der Waals surface area (Å²) in [4.78, 5) is 9.17. The molecule has 0 saturated carbocycles. The lowest BCUT2D eigenvalue weighted by molar-refractivity contribution is 0.116. The van der Waals surface area contributed by atoms with E-state index in [1.807, 2.05) is 7.05 Å². The first-order valence-corrected chi connectivity index (χ1v) is 10.0. The second-order valence-electron chi connectivity index (χ2n) is 7.65. The summed E-state index contributed by atoms with van der Waals surface area (Å²) >= 11 is 0. The van der Waals surface area contributed by atoms with Crippen LogP contribution in [0.4, 0.5) is 0 Å². The van der Waals surface area contributed by atoms with Gasteiger partial charge in [0.2, 0.25) is 0 Å². The number of halogens is 1. The first-order valence-electron chi connectivity index (χ1n) is 10.0. The van der Waals surface area contributed by atoms with E-state index in [0.717, 1.165) is 49.9 Å². The molecule has 2 N–H and O–H groups in total. The highest BCUT2D eigenvalue weighted by atomic mass is 127. The third-order valence-corrected chi connectivity index (χ3v) is 5.28. The molecule has 1 saturated heterocycles. The second kappa shape index (κ2) is 12.5. The molecule has 0 aliphatic carbocycles. The van der Waals surface area contributed by atoms with Crippen LogP contribution in [-0.4, -0.2) is 75.2 Å². The van der Waals surface area contributed by atoms with E-state index in [-0.39, 0.29) is 30.1 Å². The molecular formula is C21H38IN5O. The van der Waals surface area contributed by atoms with Crippen LogP contribution < -0.4 is 15.4 Å². The molecule has 0 radical (unpaired) electrons. The number of rotatable bonds is 7. The Bertz CT molecular complexity index is 625. The number of hydrogen-bond donors (Lipinski definition) is 2. The Kier molecular flexibility index (Phi) is 11.1. The SMILES string of the molecule is CCC(C)Oc1cc(C)ccc1CNC(=NC)NCC1CN(C)CCN1C.I. The van der Waals surface area contributed by atoms with E-state index in [4.69, 9.17) is 4.74 Å². The van der Waals surface area contributed by atoms with Crippen molar-refractivity contribution >= 4 is 29.9 Å². The Hall–Kier alpha value is -1.06. The average molecular weight is 503 g/mol. The molecule has 6 nitrogen and oxygen atoms in total. The molecule has 2 unspecified atom stereocenters. The van der Waals surface area contributed by atoms with Crippen LogP contribution in [0.15, 0.2) is 23.2 Å². The summed E-state index contributed by atoms with van der Waals surface area (Å²) in [7, 11) is 6.20. The maximum Gasteiger partial charge on any atom is 0.191 e. The van der Waals surface area contributed by atoms with Crippen molar-refractivity contribution < 1.29 is 4.74 Å². The Morgan fingerprint density at radius 3 is 2.71 bits per heavy atom. The van der Waals surface area contributed by atoms with Crippen LogP contribution in [0.3, 0.4) is 0 Å². The quantitative estimate of drug-likeness (QED) is 0.341. The van der Waals surface area contributed by atoms with E-state index in [1.165, 1.54) is 5.56 Å². The number of aryl methyl sites for hydroxylation is 1. The Morgan fingerprint density at radius 2 is 2.04 bits per heavy atom. The molecular weight excluding hydrogens is 465 g/mol. The van der Waals surface area contributed by atoms with Gasteiger partial charge in [-0.05, 0) is 46.0 Å². The fourth-order valence-electron chi connectivity index (χ4n) is 3.15. The largest absolute Gasteiger partial charge is 0.490 e. The van der Waals surface area contributed by atoms with Crippen molar-refractivity contribution in [3.8, 4) is 5.75 Å². The topological polar surface area (TPSA) is 52.1 Å². The summed E-state index contributed by atoms with van der Waals surface area (Å²) in [5.74, 6) is 1.78. The zero-order valence-corrected chi connectivity index (χ0v) is 20.6. The lowest BCUT2D eigenvalue weighted by Gasteiger charge is -2.37. The van der Waals surface area contributed by atoms with Gasteiger partial charge in [-0.2, -0.15) is 0 Å². The van der Waals surface area contributed by atoms with Gasteiger partial charge < -0.3 is 20.3 Å². The fourth-order valence-corrected chi connectivity index (χ4v) is 3.15. The van der Waals surface area contributed by atoms with Crippen molar-refractivity contribution in [1.82, 2.24) is 20.4 Å². The number of benzene rings is 1. The van der Waals surface area contributed by atoms with Gasteiger partial charge in [0.1, 0.15) is 5.75 Å². The van der Waals surface area contributed by atoms with Crippen LogP contribution in [0.25, 0.3) is 0 Å². The van der Waals surface area contributed by atoms with E-state index in [1.54, 1.807) is 0 Å². The minimum absolute atomic E-state index is 0. The third kappa shape index (κ3) is 7.75. The number of ether oxygens (including phenoxy) is 1. The fraction of sp³-hybridized carbons (Fsp3) is 0.667. The third-order valence-electron chi connectivity index (χ3n) is 5.28. The van der Waals surface area contributed by atoms with Crippen molar-refractivity contribution in [2.45, 2.75) is 45.9 Å². The van der Waals surface area contributed by atoms with Gasteiger partial charge in [0, 0.05) is 51.4 Å². The molecule has 2 atom stereocenters. The molecule has 0 spiro atoms. The zero-order valence-electron chi connectivity index (χ0n) is 18.3. The number of piperazine rings is 1. The number of nitrogens with one attached hydrogen (secondary N) is 2. The lowest BCUT2D eigenvalue weighted by Crippen LogP contribution is -2.55. The smallest absolute Gasteiger partial charge is 0.191 e. The van der Waals surface area contributed by atoms with Gasteiger partial charge in [-0.1, -0.05) is 19.1 Å². The highest BCUT2D eigenvalue weighted by molar-refractivity contribution is 14.0. The number of hydrogen-bond acceptors (Lipinski definition) is 4. The highest BCUT2D eigenvalue weighted by Gasteiger charge is 2.22. The van der Waals surface area contributed by atoms with E-state index >= 15 is 0 Å². The van der Waals surface area contributed by atoms with Gasteiger partial charge >= 0.3 is 0 Å². The first-order chi connectivity index (χ1) is 12.9. The van der Waals surface area contributed by atoms with Crippen LogP contribution in [0.2, 0.25) is 0 Å². The Labute approximate surface area is 188 Å². The normalized spacial score (nSPS) is 19.6. The molecule has 28 heavy (non-hydrogen) atoms. The molecule has 1 aliphatic rings. The maximum absolute atomic E-state index is 6.11. The van der Waals surface area contributed by atoms with Gasteiger partial charge in [0.05, 0.1) is 6.10 Å².